The molecule has 0 bridgehead atoms. The lowest BCUT2D eigenvalue weighted by Gasteiger charge is -2.17. The van der Waals surface area contributed by atoms with Crippen molar-refractivity contribution in [2.45, 2.75) is 39.2 Å². The van der Waals surface area contributed by atoms with E-state index >= 15 is 0 Å². The maximum Gasteiger partial charge on any atom is 0.243 e. The van der Waals surface area contributed by atoms with E-state index in [2.05, 4.69) is 29.5 Å². The van der Waals surface area contributed by atoms with Crippen molar-refractivity contribution in [2.75, 3.05) is 53.6 Å². The fraction of sp³-hybridized carbons (Fsp3) is 0.882. The van der Waals surface area contributed by atoms with Crippen LogP contribution >= 0.6 is 24.0 Å². The summed E-state index contributed by atoms with van der Waals surface area (Å²) in [6.07, 6.45) is 3.00. The molecular formula is C17H35IN4O3. The van der Waals surface area contributed by atoms with Gasteiger partial charge in [-0.2, -0.15) is 0 Å². The van der Waals surface area contributed by atoms with Crippen LogP contribution in [-0.4, -0.2) is 76.4 Å². The van der Waals surface area contributed by atoms with Crippen LogP contribution in [-0.2, 0) is 14.3 Å². The molecule has 1 aliphatic heterocycles. The highest BCUT2D eigenvalue weighted by atomic mass is 127. The molecule has 148 valence electrons. The minimum Gasteiger partial charge on any atom is -0.381 e. The number of amides is 1. The molecule has 25 heavy (non-hydrogen) atoms. The number of carbonyl (C=O) groups is 1. The highest BCUT2D eigenvalue weighted by Gasteiger charge is 2.15. The maximum atomic E-state index is 11.7. The number of nitrogens with zero attached hydrogens (tertiary/aromatic N) is 2. The highest BCUT2D eigenvalue weighted by Crippen LogP contribution is 2.12. The smallest absolute Gasteiger partial charge is 0.243 e. The molecule has 2 N–H and O–H groups in total. The van der Waals surface area contributed by atoms with Crippen LogP contribution in [0.15, 0.2) is 4.99 Å². The van der Waals surface area contributed by atoms with Gasteiger partial charge in [0.15, 0.2) is 5.96 Å². The van der Waals surface area contributed by atoms with Crippen LogP contribution in [0.1, 0.15) is 33.1 Å². The molecule has 8 heteroatoms. The molecule has 0 aromatic rings. The number of halogens is 1. The Hall–Kier alpha value is -0.610. The van der Waals surface area contributed by atoms with Gasteiger partial charge in [-0.15, -0.1) is 24.0 Å². The third-order valence-corrected chi connectivity index (χ3v) is 4.00. The molecule has 0 aliphatic carbocycles. The van der Waals surface area contributed by atoms with Crippen molar-refractivity contribution >= 4 is 35.8 Å². The Labute approximate surface area is 169 Å². The molecule has 1 aliphatic rings. The molecule has 1 saturated heterocycles. The zero-order valence-electron chi connectivity index (χ0n) is 16.0. The van der Waals surface area contributed by atoms with E-state index in [-0.39, 0.29) is 36.4 Å². The number of likely N-dealkylation sites (N-methyl/N-ethyl adjacent to an activating group) is 1. The summed E-state index contributed by atoms with van der Waals surface area (Å²) in [7, 11) is 3.47. The first kappa shape index (κ1) is 24.4. The molecule has 0 aromatic heterocycles. The number of nitrogens with one attached hydrogen (secondary N) is 2. The Morgan fingerprint density at radius 1 is 1.44 bits per heavy atom. The van der Waals surface area contributed by atoms with Crippen molar-refractivity contribution in [2.24, 2.45) is 10.9 Å². The van der Waals surface area contributed by atoms with Crippen LogP contribution < -0.4 is 10.6 Å². The van der Waals surface area contributed by atoms with Crippen molar-refractivity contribution in [3.8, 4) is 0 Å². The SMILES string of the molecule is CCC(C)NC(=NCC(=O)N(C)C)NCCCOCC1CCOC1.I. The standard InChI is InChI=1S/C17H34N4O3.HI/c1-5-14(2)20-17(19-11-16(22)21(3)4)18-8-6-9-23-12-15-7-10-24-13-15;/h14-15H,5-13H2,1-4H3,(H2,18,19,20);1H. The number of hydrogen-bond donors (Lipinski definition) is 2. The molecule has 0 radical (unpaired) electrons. The van der Waals surface area contributed by atoms with E-state index in [0.717, 1.165) is 52.2 Å². The van der Waals surface area contributed by atoms with Gasteiger partial charge in [0.2, 0.25) is 5.91 Å². The first-order chi connectivity index (χ1) is 11.5. The average molecular weight is 470 g/mol. The predicted molar refractivity (Wildman–Crippen MR) is 112 cm³/mol. The molecule has 1 fully saturated rings. The summed E-state index contributed by atoms with van der Waals surface area (Å²) in [4.78, 5) is 17.6. The third-order valence-electron chi connectivity index (χ3n) is 4.00. The van der Waals surface area contributed by atoms with Gasteiger partial charge < -0.3 is 25.0 Å². The number of guanidine groups is 1. The Bertz CT molecular complexity index is 388. The topological polar surface area (TPSA) is 75.2 Å². The predicted octanol–water partition coefficient (Wildman–Crippen LogP) is 1.47. The van der Waals surface area contributed by atoms with E-state index in [4.69, 9.17) is 9.47 Å². The lowest BCUT2D eigenvalue weighted by Crippen LogP contribution is -2.43. The van der Waals surface area contributed by atoms with Crippen molar-refractivity contribution in [1.82, 2.24) is 15.5 Å². The van der Waals surface area contributed by atoms with Crippen LogP contribution in [0.4, 0.5) is 0 Å². The van der Waals surface area contributed by atoms with Gasteiger partial charge in [0.1, 0.15) is 6.54 Å². The molecule has 7 nitrogen and oxygen atoms in total. The summed E-state index contributed by atoms with van der Waals surface area (Å²) < 4.78 is 11.0. The molecule has 2 unspecified atom stereocenters. The lowest BCUT2D eigenvalue weighted by atomic mass is 10.1. The maximum absolute atomic E-state index is 11.7. The van der Waals surface area contributed by atoms with Gasteiger partial charge in [0, 0.05) is 45.8 Å². The molecule has 0 spiro atoms. The van der Waals surface area contributed by atoms with Gasteiger partial charge >= 0.3 is 0 Å². The van der Waals surface area contributed by atoms with Crippen LogP contribution in [0.5, 0.6) is 0 Å². The van der Waals surface area contributed by atoms with Crippen LogP contribution in [0.25, 0.3) is 0 Å². The van der Waals surface area contributed by atoms with E-state index < -0.39 is 0 Å². The summed E-state index contributed by atoms with van der Waals surface area (Å²) in [5.74, 6) is 1.23. The second-order valence-electron chi connectivity index (χ2n) is 6.49. The molecule has 1 rings (SSSR count). The van der Waals surface area contributed by atoms with Gasteiger partial charge in [-0.1, -0.05) is 6.92 Å². The minimum atomic E-state index is -0.0117. The Kier molecular flexibility index (Phi) is 14.2. The molecule has 2 atom stereocenters. The molecule has 1 heterocycles. The van der Waals surface area contributed by atoms with Gasteiger partial charge in [-0.3, -0.25) is 4.79 Å². The largest absolute Gasteiger partial charge is 0.381 e. The molecular weight excluding hydrogens is 435 g/mol. The summed E-state index contributed by atoms with van der Waals surface area (Å²) in [5.41, 5.74) is 0. The number of ether oxygens (including phenoxy) is 2. The van der Waals surface area contributed by atoms with E-state index in [1.807, 2.05) is 0 Å². The second-order valence-corrected chi connectivity index (χ2v) is 6.49. The van der Waals surface area contributed by atoms with E-state index in [0.29, 0.717) is 17.9 Å². The van der Waals surface area contributed by atoms with E-state index in [1.54, 1.807) is 19.0 Å². The summed E-state index contributed by atoms with van der Waals surface area (Å²) in [5, 5.41) is 6.58. The zero-order chi connectivity index (χ0) is 17.8. The minimum absolute atomic E-state index is 0. The van der Waals surface area contributed by atoms with E-state index in [9.17, 15) is 4.79 Å². The molecule has 1 amide bonds. The Balaban J connectivity index is 0.00000576. The first-order valence-corrected chi connectivity index (χ1v) is 8.93. The quantitative estimate of drug-likeness (QED) is 0.219. The molecule has 0 saturated carbocycles. The lowest BCUT2D eigenvalue weighted by molar-refractivity contribution is -0.127. The van der Waals surface area contributed by atoms with Crippen LogP contribution in [0.3, 0.4) is 0 Å². The monoisotopic (exact) mass is 470 g/mol. The third kappa shape index (κ3) is 11.6. The van der Waals surface area contributed by atoms with Gasteiger partial charge in [0.05, 0.1) is 13.2 Å². The normalized spacial score (nSPS) is 18.4. The van der Waals surface area contributed by atoms with Crippen molar-refractivity contribution in [1.29, 1.82) is 0 Å². The Morgan fingerprint density at radius 3 is 2.80 bits per heavy atom. The van der Waals surface area contributed by atoms with Gasteiger partial charge in [-0.25, -0.2) is 4.99 Å². The van der Waals surface area contributed by atoms with Crippen LogP contribution in [0, 0.1) is 5.92 Å². The van der Waals surface area contributed by atoms with Gasteiger partial charge in [-0.05, 0) is 26.2 Å². The fourth-order valence-corrected chi connectivity index (χ4v) is 2.12. The van der Waals surface area contributed by atoms with Crippen LogP contribution in [0.2, 0.25) is 0 Å². The zero-order valence-corrected chi connectivity index (χ0v) is 18.4. The number of aliphatic imine (C=N–C) groups is 1. The van der Waals surface area contributed by atoms with Crippen molar-refractivity contribution < 1.29 is 14.3 Å². The second kappa shape index (κ2) is 14.5. The van der Waals surface area contributed by atoms with Gasteiger partial charge in [0.25, 0.3) is 0 Å². The average Bonchev–Trinajstić information content (AvgIpc) is 3.08. The van der Waals surface area contributed by atoms with Crippen molar-refractivity contribution in [3.63, 3.8) is 0 Å². The Morgan fingerprint density at radius 2 is 2.20 bits per heavy atom. The van der Waals surface area contributed by atoms with Crippen molar-refractivity contribution in [3.05, 3.63) is 0 Å². The number of hydrogen-bond acceptors (Lipinski definition) is 4. The number of carbonyl (C=O) groups excluding carboxylic acids is 1. The highest BCUT2D eigenvalue weighted by molar-refractivity contribution is 14.0. The molecule has 0 aromatic carbocycles. The summed E-state index contributed by atoms with van der Waals surface area (Å²) >= 11 is 0. The first-order valence-electron chi connectivity index (χ1n) is 8.93. The summed E-state index contributed by atoms with van der Waals surface area (Å²) in [6.45, 7) is 8.31. The number of rotatable bonds is 10. The summed E-state index contributed by atoms with van der Waals surface area (Å²) in [6, 6.07) is 0.310. The fourth-order valence-electron chi connectivity index (χ4n) is 2.12. The van der Waals surface area contributed by atoms with E-state index in [1.165, 1.54) is 0 Å².